The molecule has 2 aromatic carbocycles. The second-order valence-electron chi connectivity index (χ2n) is 7.42. The maximum atomic E-state index is 13.0. The molecule has 3 rings (SSSR count). The molecule has 2 N–H and O–H groups in total. The summed E-state index contributed by atoms with van der Waals surface area (Å²) in [7, 11) is 0. The van der Waals surface area contributed by atoms with Crippen molar-refractivity contribution < 1.29 is 14.4 Å². The lowest BCUT2D eigenvalue weighted by atomic mass is 10.0. The summed E-state index contributed by atoms with van der Waals surface area (Å²) >= 11 is 0. The van der Waals surface area contributed by atoms with Crippen LogP contribution in [-0.4, -0.2) is 29.2 Å². The molecule has 1 heterocycles. The minimum atomic E-state index is -0.395. The van der Waals surface area contributed by atoms with Gasteiger partial charge in [0, 0.05) is 24.8 Å². The molecular formula is C24H25N3O3. The van der Waals surface area contributed by atoms with Crippen LogP contribution < -0.4 is 10.6 Å². The van der Waals surface area contributed by atoms with E-state index >= 15 is 0 Å². The molecule has 0 aliphatic carbocycles. The van der Waals surface area contributed by atoms with E-state index in [9.17, 15) is 14.4 Å². The van der Waals surface area contributed by atoms with Gasteiger partial charge in [-0.05, 0) is 41.3 Å². The lowest BCUT2D eigenvalue weighted by molar-refractivity contribution is -0.136. The van der Waals surface area contributed by atoms with Gasteiger partial charge in [0.05, 0.1) is 5.57 Å². The molecule has 0 unspecified atom stereocenters. The van der Waals surface area contributed by atoms with E-state index in [1.165, 1.54) is 18.6 Å². The highest BCUT2D eigenvalue weighted by Crippen LogP contribution is 2.31. The average molecular weight is 403 g/mol. The van der Waals surface area contributed by atoms with Gasteiger partial charge in [0.2, 0.25) is 5.91 Å². The van der Waals surface area contributed by atoms with Crippen molar-refractivity contribution in [3.63, 3.8) is 0 Å². The van der Waals surface area contributed by atoms with Crippen molar-refractivity contribution in [2.45, 2.75) is 26.7 Å². The molecule has 0 radical (unpaired) electrons. The number of nitrogens with one attached hydrogen (secondary N) is 2. The lowest BCUT2D eigenvalue weighted by Crippen LogP contribution is -2.32. The van der Waals surface area contributed by atoms with Gasteiger partial charge in [0.25, 0.3) is 11.8 Å². The predicted octanol–water partition coefficient (Wildman–Crippen LogP) is 4.15. The molecule has 1 aliphatic rings. The van der Waals surface area contributed by atoms with Gasteiger partial charge in [-0.3, -0.25) is 19.3 Å². The summed E-state index contributed by atoms with van der Waals surface area (Å²) in [6, 6.07) is 14.6. The fourth-order valence-corrected chi connectivity index (χ4v) is 3.27. The zero-order valence-corrected chi connectivity index (χ0v) is 17.4. The smallest absolute Gasteiger partial charge is 0.278 e. The Kier molecular flexibility index (Phi) is 6.16. The summed E-state index contributed by atoms with van der Waals surface area (Å²) in [6.07, 6.45) is 1.52. The molecule has 3 amide bonds. The summed E-state index contributed by atoms with van der Waals surface area (Å²) in [5.41, 5.74) is 3.64. The number of amides is 3. The summed E-state index contributed by atoms with van der Waals surface area (Å²) in [6.45, 7) is 9.42. The third kappa shape index (κ3) is 4.33. The number of carbonyl (C=O) groups excluding carboxylic acids is 3. The minimum absolute atomic E-state index is 0.128. The maximum Gasteiger partial charge on any atom is 0.278 e. The van der Waals surface area contributed by atoms with Crippen molar-refractivity contribution in [3.05, 3.63) is 78.0 Å². The molecule has 0 saturated carbocycles. The van der Waals surface area contributed by atoms with E-state index in [0.29, 0.717) is 22.7 Å². The van der Waals surface area contributed by atoms with Crippen LogP contribution in [0.2, 0.25) is 0 Å². The van der Waals surface area contributed by atoms with Gasteiger partial charge >= 0.3 is 0 Å². The van der Waals surface area contributed by atoms with E-state index in [2.05, 4.69) is 31.1 Å². The van der Waals surface area contributed by atoms with Crippen LogP contribution >= 0.6 is 0 Å². The zero-order chi connectivity index (χ0) is 21.8. The Bertz CT molecular complexity index is 1020. The highest BCUT2D eigenvalue weighted by atomic mass is 16.2. The van der Waals surface area contributed by atoms with E-state index < -0.39 is 5.91 Å². The van der Waals surface area contributed by atoms with Crippen LogP contribution in [0.5, 0.6) is 0 Å². The Morgan fingerprint density at radius 2 is 1.60 bits per heavy atom. The van der Waals surface area contributed by atoms with Gasteiger partial charge < -0.3 is 10.6 Å². The molecule has 30 heavy (non-hydrogen) atoms. The molecule has 6 nitrogen and oxygen atoms in total. The van der Waals surface area contributed by atoms with Crippen LogP contribution in [0.4, 0.5) is 11.4 Å². The van der Waals surface area contributed by atoms with Gasteiger partial charge in [0.15, 0.2) is 0 Å². The van der Waals surface area contributed by atoms with Crippen LogP contribution in [0.25, 0.3) is 5.57 Å². The van der Waals surface area contributed by atoms with E-state index in [-0.39, 0.29) is 24.1 Å². The number of hydrogen-bond acceptors (Lipinski definition) is 4. The average Bonchev–Trinajstić information content (AvgIpc) is 2.93. The molecule has 0 bridgehead atoms. The largest absolute Gasteiger partial charge is 0.350 e. The number of hydrogen-bond donors (Lipinski definition) is 2. The maximum absolute atomic E-state index is 13.0. The third-order valence-electron chi connectivity index (χ3n) is 4.82. The first-order valence-corrected chi connectivity index (χ1v) is 9.78. The third-order valence-corrected chi connectivity index (χ3v) is 4.82. The predicted molar refractivity (Wildman–Crippen MR) is 119 cm³/mol. The monoisotopic (exact) mass is 403 g/mol. The summed E-state index contributed by atoms with van der Waals surface area (Å²) in [5, 5.41) is 5.83. The van der Waals surface area contributed by atoms with E-state index in [0.717, 1.165) is 10.6 Å². The normalized spacial score (nSPS) is 13.8. The van der Waals surface area contributed by atoms with Crippen LogP contribution in [0.3, 0.4) is 0 Å². The van der Waals surface area contributed by atoms with E-state index in [4.69, 9.17) is 0 Å². The van der Waals surface area contributed by atoms with Crippen molar-refractivity contribution in [1.29, 1.82) is 0 Å². The first-order valence-electron chi connectivity index (χ1n) is 9.78. The second-order valence-corrected chi connectivity index (χ2v) is 7.42. The number of nitrogens with zero attached hydrogens (tertiary/aromatic N) is 1. The molecule has 0 spiro atoms. The molecule has 154 valence electrons. The standard InChI is InChI=1S/C24H25N3O3/c1-5-14-27-23(29)21(18-8-12-19(13-9-18)25-16(4)28)22(24(27)30)26-20-10-6-17(7-11-20)15(2)3/h5-13,15,26H,1,14H2,2-4H3,(H,25,28). The van der Waals surface area contributed by atoms with Crippen molar-refractivity contribution in [1.82, 2.24) is 4.90 Å². The number of rotatable bonds is 7. The minimum Gasteiger partial charge on any atom is -0.350 e. The second kappa shape index (κ2) is 8.78. The van der Waals surface area contributed by atoms with Gasteiger partial charge in [0.1, 0.15) is 5.70 Å². The molecule has 0 saturated heterocycles. The summed E-state index contributed by atoms with van der Waals surface area (Å²) in [4.78, 5) is 38.4. The number of benzene rings is 2. The SMILES string of the molecule is C=CCN1C(=O)C(Nc2ccc(C(C)C)cc2)=C(c2ccc(NC(C)=O)cc2)C1=O. The molecule has 2 aromatic rings. The van der Waals surface area contributed by atoms with Crippen molar-refractivity contribution >= 4 is 34.7 Å². The molecule has 6 heteroatoms. The van der Waals surface area contributed by atoms with Gasteiger partial charge in [-0.2, -0.15) is 0 Å². The first-order chi connectivity index (χ1) is 14.3. The van der Waals surface area contributed by atoms with Crippen molar-refractivity contribution in [2.24, 2.45) is 0 Å². The van der Waals surface area contributed by atoms with Crippen LogP contribution in [-0.2, 0) is 14.4 Å². The fraction of sp³-hybridized carbons (Fsp3) is 0.208. The Morgan fingerprint density at radius 3 is 2.13 bits per heavy atom. The van der Waals surface area contributed by atoms with Gasteiger partial charge in [-0.1, -0.05) is 44.2 Å². The van der Waals surface area contributed by atoms with Crippen molar-refractivity contribution in [3.8, 4) is 0 Å². The summed E-state index contributed by atoms with van der Waals surface area (Å²) < 4.78 is 0. The van der Waals surface area contributed by atoms with E-state index in [1.54, 1.807) is 24.3 Å². The van der Waals surface area contributed by atoms with E-state index in [1.807, 2.05) is 24.3 Å². The van der Waals surface area contributed by atoms with Crippen LogP contribution in [0, 0.1) is 0 Å². The highest BCUT2D eigenvalue weighted by molar-refractivity contribution is 6.36. The topological polar surface area (TPSA) is 78.5 Å². The fourth-order valence-electron chi connectivity index (χ4n) is 3.27. The Hall–Kier alpha value is -3.67. The number of anilines is 2. The Morgan fingerprint density at radius 1 is 1.00 bits per heavy atom. The summed E-state index contributed by atoms with van der Waals surface area (Å²) in [5.74, 6) is -0.561. The molecule has 0 fully saturated rings. The van der Waals surface area contributed by atoms with Crippen LogP contribution in [0.15, 0.2) is 66.9 Å². The highest BCUT2D eigenvalue weighted by Gasteiger charge is 2.38. The van der Waals surface area contributed by atoms with Crippen molar-refractivity contribution in [2.75, 3.05) is 17.2 Å². The zero-order valence-electron chi connectivity index (χ0n) is 17.4. The molecular weight excluding hydrogens is 378 g/mol. The molecule has 1 aliphatic heterocycles. The lowest BCUT2D eigenvalue weighted by Gasteiger charge is -2.13. The Balaban J connectivity index is 1.99. The van der Waals surface area contributed by atoms with Gasteiger partial charge in [-0.25, -0.2) is 0 Å². The quantitative estimate of drug-likeness (QED) is 0.538. The Labute approximate surface area is 176 Å². The van der Waals surface area contributed by atoms with Crippen LogP contribution in [0.1, 0.15) is 37.8 Å². The molecule has 0 atom stereocenters. The number of carbonyl (C=O) groups is 3. The van der Waals surface area contributed by atoms with Gasteiger partial charge in [-0.15, -0.1) is 6.58 Å². The molecule has 0 aromatic heterocycles. The first kappa shape index (κ1) is 21.0. The number of imide groups is 1.